The number of benzene rings is 1. The zero-order chi connectivity index (χ0) is 10.6. The van der Waals surface area contributed by atoms with Crippen molar-refractivity contribution < 1.29 is 0 Å². The average molecular weight is 227 g/mol. The minimum Gasteiger partial charge on any atom is -0.166 e. The smallest absolute Gasteiger partial charge is 0.166 e. The Kier molecular flexibility index (Phi) is 4.69. The standard InChI is InChI=1S/C12H19ClSi/c1-4-14(13)12-8-6-5-7-11(12)9-10(2)3/h5-8,10,14H,4,9H2,1-3H3. The van der Waals surface area contributed by atoms with Gasteiger partial charge in [-0.05, 0) is 29.1 Å². The molecule has 0 saturated carbocycles. The molecule has 1 unspecified atom stereocenters. The van der Waals surface area contributed by atoms with E-state index in [1.165, 1.54) is 10.8 Å². The van der Waals surface area contributed by atoms with Crippen LogP contribution in [0.3, 0.4) is 0 Å². The Balaban J connectivity index is 2.91. The summed E-state index contributed by atoms with van der Waals surface area (Å²) < 4.78 is 0. The molecule has 0 aliphatic carbocycles. The largest absolute Gasteiger partial charge is 0.171 e. The molecule has 2 heteroatoms. The third kappa shape index (κ3) is 3.14. The van der Waals surface area contributed by atoms with Crippen LogP contribution in [-0.4, -0.2) is 8.11 Å². The van der Waals surface area contributed by atoms with E-state index >= 15 is 0 Å². The van der Waals surface area contributed by atoms with Crippen molar-refractivity contribution in [2.45, 2.75) is 33.2 Å². The highest BCUT2D eigenvalue weighted by Gasteiger charge is 2.12. The maximum atomic E-state index is 6.42. The Morgan fingerprint density at radius 3 is 2.50 bits per heavy atom. The van der Waals surface area contributed by atoms with Crippen molar-refractivity contribution in [2.75, 3.05) is 0 Å². The van der Waals surface area contributed by atoms with Crippen molar-refractivity contribution in [3.63, 3.8) is 0 Å². The second kappa shape index (κ2) is 5.57. The van der Waals surface area contributed by atoms with Gasteiger partial charge in [0, 0.05) is 0 Å². The van der Waals surface area contributed by atoms with Crippen LogP contribution in [0.15, 0.2) is 24.3 Å². The topological polar surface area (TPSA) is 0 Å². The van der Waals surface area contributed by atoms with Gasteiger partial charge in [0.1, 0.15) is 0 Å². The van der Waals surface area contributed by atoms with Gasteiger partial charge in [0.2, 0.25) is 0 Å². The minimum absolute atomic E-state index is 0.714. The molecule has 0 aliphatic rings. The van der Waals surface area contributed by atoms with Gasteiger partial charge in [-0.1, -0.05) is 45.0 Å². The quantitative estimate of drug-likeness (QED) is 0.547. The van der Waals surface area contributed by atoms with E-state index in [2.05, 4.69) is 45.0 Å². The fraction of sp³-hybridized carbons (Fsp3) is 0.500. The minimum atomic E-state index is -1.17. The highest BCUT2D eigenvalue weighted by atomic mass is 35.6. The lowest BCUT2D eigenvalue weighted by atomic mass is 10.0. The SMILES string of the molecule is CC[SiH](Cl)c1ccccc1CC(C)C. The molecule has 1 aromatic rings. The predicted molar refractivity (Wildman–Crippen MR) is 68.1 cm³/mol. The van der Waals surface area contributed by atoms with Crippen LogP contribution >= 0.6 is 11.1 Å². The molecule has 0 radical (unpaired) electrons. The van der Waals surface area contributed by atoms with Crippen LogP contribution in [0.5, 0.6) is 0 Å². The molecule has 0 nitrogen and oxygen atoms in total. The summed E-state index contributed by atoms with van der Waals surface area (Å²) in [5.74, 6) is 0.714. The molecule has 0 heterocycles. The maximum absolute atomic E-state index is 6.42. The van der Waals surface area contributed by atoms with Crippen LogP contribution in [0, 0.1) is 5.92 Å². The molecule has 0 spiro atoms. The van der Waals surface area contributed by atoms with E-state index in [1.54, 1.807) is 0 Å². The lowest BCUT2D eigenvalue weighted by Gasteiger charge is -2.13. The Labute approximate surface area is 93.6 Å². The lowest BCUT2D eigenvalue weighted by Crippen LogP contribution is -2.27. The Bertz CT molecular complexity index is 283. The van der Waals surface area contributed by atoms with Crippen molar-refractivity contribution in [1.29, 1.82) is 0 Å². The van der Waals surface area contributed by atoms with Gasteiger partial charge in [0.25, 0.3) is 0 Å². The predicted octanol–water partition coefficient (Wildman–Crippen LogP) is 3.07. The first-order valence-electron chi connectivity index (χ1n) is 5.37. The van der Waals surface area contributed by atoms with Crippen LogP contribution < -0.4 is 5.19 Å². The zero-order valence-electron chi connectivity index (χ0n) is 9.26. The van der Waals surface area contributed by atoms with Crippen molar-refractivity contribution in [2.24, 2.45) is 5.92 Å². The summed E-state index contributed by atoms with van der Waals surface area (Å²) in [5, 5.41) is 1.45. The molecule has 0 amide bonds. The molecule has 0 bridgehead atoms. The van der Waals surface area contributed by atoms with E-state index in [0.717, 1.165) is 12.5 Å². The van der Waals surface area contributed by atoms with E-state index in [0.29, 0.717) is 5.92 Å². The summed E-state index contributed by atoms with van der Waals surface area (Å²) in [5.41, 5.74) is 1.47. The molecule has 1 rings (SSSR count). The van der Waals surface area contributed by atoms with Gasteiger partial charge in [-0.2, -0.15) is 11.1 Å². The first-order chi connectivity index (χ1) is 6.65. The number of halogens is 1. The summed E-state index contributed by atoms with van der Waals surface area (Å²) in [6.45, 7) is 6.71. The second-order valence-electron chi connectivity index (χ2n) is 4.17. The van der Waals surface area contributed by atoms with Crippen LogP contribution in [-0.2, 0) is 6.42 Å². The zero-order valence-corrected chi connectivity index (χ0v) is 11.2. The summed E-state index contributed by atoms with van der Waals surface area (Å²) in [4.78, 5) is 0. The van der Waals surface area contributed by atoms with Gasteiger partial charge >= 0.3 is 0 Å². The Hall–Kier alpha value is -0.273. The highest BCUT2D eigenvalue weighted by Crippen LogP contribution is 2.09. The molecule has 78 valence electrons. The Morgan fingerprint density at radius 2 is 1.93 bits per heavy atom. The van der Waals surface area contributed by atoms with E-state index in [4.69, 9.17) is 11.1 Å². The molecule has 0 saturated heterocycles. The van der Waals surface area contributed by atoms with Gasteiger partial charge in [0.15, 0.2) is 8.11 Å². The molecule has 0 N–H and O–H groups in total. The fourth-order valence-corrected chi connectivity index (χ4v) is 3.70. The van der Waals surface area contributed by atoms with Crippen molar-refractivity contribution in [1.82, 2.24) is 0 Å². The number of rotatable bonds is 4. The van der Waals surface area contributed by atoms with E-state index in [-0.39, 0.29) is 0 Å². The van der Waals surface area contributed by atoms with Gasteiger partial charge in [-0.3, -0.25) is 0 Å². The van der Waals surface area contributed by atoms with E-state index < -0.39 is 8.11 Å². The van der Waals surface area contributed by atoms with Gasteiger partial charge in [-0.15, -0.1) is 0 Å². The van der Waals surface area contributed by atoms with Crippen molar-refractivity contribution in [3.05, 3.63) is 29.8 Å². The van der Waals surface area contributed by atoms with Crippen LogP contribution in [0.4, 0.5) is 0 Å². The molecule has 14 heavy (non-hydrogen) atoms. The third-order valence-electron chi connectivity index (χ3n) is 2.38. The summed E-state index contributed by atoms with van der Waals surface area (Å²) >= 11 is 6.42. The third-order valence-corrected chi connectivity index (χ3v) is 5.97. The lowest BCUT2D eigenvalue weighted by molar-refractivity contribution is 0.649. The first-order valence-corrected chi connectivity index (χ1v) is 8.51. The summed E-state index contributed by atoms with van der Waals surface area (Å²) in [7, 11) is -1.17. The molecule has 1 atom stereocenters. The second-order valence-corrected chi connectivity index (χ2v) is 8.13. The summed E-state index contributed by atoms with van der Waals surface area (Å²) in [6, 6.07) is 9.81. The van der Waals surface area contributed by atoms with Crippen LogP contribution in [0.1, 0.15) is 26.3 Å². The number of hydrogen-bond donors (Lipinski definition) is 0. The molecule has 0 fully saturated rings. The van der Waals surface area contributed by atoms with Gasteiger partial charge in [0.05, 0.1) is 0 Å². The van der Waals surface area contributed by atoms with E-state index in [1.807, 2.05) is 0 Å². The summed E-state index contributed by atoms with van der Waals surface area (Å²) in [6.07, 6.45) is 1.16. The molecule has 1 aromatic carbocycles. The molecular weight excluding hydrogens is 208 g/mol. The first kappa shape index (κ1) is 11.8. The average Bonchev–Trinajstić information content (AvgIpc) is 2.16. The van der Waals surface area contributed by atoms with Crippen LogP contribution in [0.2, 0.25) is 6.04 Å². The number of hydrogen-bond acceptors (Lipinski definition) is 0. The molecule has 0 aromatic heterocycles. The maximum Gasteiger partial charge on any atom is 0.171 e. The Morgan fingerprint density at radius 1 is 1.29 bits per heavy atom. The van der Waals surface area contributed by atoms with Gasteiger partial charge < -0.3 is 0 Å². The van der Waals surface area contributed by atoms with E-state index in [9.17, 15) is 0 Å². The highest BCUT2D eigenvalue weighted by molar-refractivity contribution is 7.14. The molecule has 0 aliphatic heterocycles. The van der Waals surface area contributed by atoms with Gasteiger partial charge in [-0.25, -0.2) is 0 Å². The van der Waals surface area contributed by atoms with Crippen LogP contribution in [0.25, 0.3) is 0 Å². The monoisotopic (exact) mass is 226 g/mol. The molecular formula is C12H19ClSi. The van der Waals surface area contributed by atoms with Crippen molar-refractivity contribution in [3.8, 4) is 0 Å². The van der Waals surface area contributed by atoms with Crippen molar-refractivity contribution >= 4 is 24.4 Å². The normalized spacial score (nSPS) is 13.2. The fourth-order valence-electron chi connectivity index (χ4n) is 1.69.